The molecule has 0 bridgehead atoms. The summed E-state index contributed by atoms with van der Waals surface area (Å²) in [7, 11) is -1.99. The van der Waals surface area contributed by atoms with Crippen molar-refractivity contribution in [3.05, 3.63) is 77.9 Å². The molecule has 0 aliphatic carbocycles. The lowest BCUT2D eigenvalue weighted by Gasteiger charge is -2.42. The second-order valence-electron chi connectivity index (χ2n) is 7.92. The molecule has 0 unspecified atom stereocenters. The Balaban J connectivity index is 1.71. The summed E-state index contributed by atoms with van der Waals surface area (Å²) in [5.74, 6) is 0. The summed E-state index contributed by atoms with van der Waals surface area (Å²) in [6.07, 6.45) is 2.58. The minimum Gasteiger partial charge on any atom is -0.405 e. The molecule has 0 N–H and O–H groups in total. The summed E-state index contributed by atoms with van der Waals surface area (Å²) >= 11 is 0. The largest absolute Gasteiger partial charge is 0.405 e. The van der Waals surface area contributed by atoms with Crippen molar-refractivity contribution in [2.24, 2.45) is 0 Å². The molecule has 134 valence electrons. The van der Waals surface area contributed by atoms with Gasteiger partial charge in [-0.1, -0.05) is 74.5 Å². The van der Waals surface area contributed by atoms with Crippen LogP contribution in [0.25, 0.3) is 10.8 Å². The highest BCUT2D eigenvalue weighted by molar-refractivity contribution is 6.88. The fraction of sp³-hybridized carbons (Fsp3) is 0.333. The molecule has 0 aromatic heterocycles. The Bertz CT molecular complexity index is 917. The van der Waals surface area contributed by atoms with Crippen molar-refractivity contribution in [3.8, 4) is 0 Å². The van der Waals surface area contributed by atoms with E-state index in [9.17, 15) is 0 Å². The van der Waals surface area contributed by atoms with Gasteiger partial charge in [0, 0.05) is 0 Å². The average Bonchev–Trinajstić information content (AvgIpc) is 2.67. The van der Waals surface area contributed by atoms with Crippen LogP contribution >= 0.6 is 0 Å². The van der Waals surface area contributed by atoms with Gasteiger partial charge in [0.15, 0.2) is 0 Å². The summed E-state index contributed by atoms with van der Waals surface area (Å²) in [6, 6.07) is 25.6. The predicted molar refractivity (Wildman–Crippen MR) is 114 cm³/mol. The molecule has 4 rings (SSSR count). The molecule has 3 aromatic carbocycles. The minimum absolute atomic E-state index is 0.125. The zero-order valence-corrected chi connectivity index (χ0v) is 17.0. The van der Waals surface area contributed by atoms with Crippen molar-refractivity contribution in [2.75, 3.05) is 0 Å². The van der Waals surface area contributed by atoms with E-state index >= 15 is 0 Å². The summed E-state index contributed by atoms with van der Waals surface area (Å²) < 4.78 is 7.04. The van der Waals surface area contributed by atoms with Crippen molar-refractivity contribution in [2.45, 2.75) is 51.3 Å². The van der Waals surface area contributed by atoms with Gasteiger partial charge in [0.2, 0.25) is 8.32 Å². The first-order valence-corrected chi connectivity index (χ1v) is 12.0. The Morgan fingerprint density at radius 3 is 2.38 bits per heavy atom. The highest BCUT2D eigenvalue weighted by atomic mass is 28.4. The van der Waals surface area contributed by atoms with Crippen LogP contribution in [0.2, 0.25) is 11.6 Å². The third kappa shape index (κ3) is 3.02. The maximum atomic E-state index is 7.04. The Labute approximate surface area is 158 Å². The lowest BCUT2D eigenvalue weighted by molar-refractivity contribution is 0.210. The Kier molecular flexibility index (Phi) is 4.72. The second-order valence-corrected chi connectivity index (χ2v) is 12.1. The number of fused-ring (bicyclic) bond motifs is 2. The van der Waals surface area contributed by atoms with Crippen LogP contribution in [0.3, 0.4) is 0 Å². The van der Waals surface area contributed by atoms with Crippen LogP contribution in [0.1, 0.15) is 44.4 Å². The number of hydrogen-bond donors (Lipinski definition) is 0. The van der Waals surface area contributed by atoms with E-state index in [1.54, 1.807) is 0 Å². The van der Waals surface area contributed by atoms with E-state index in [1.165, 1.54) is 46.0 Å². The summed E-state index contributed by atoms with van der Waals surface area (Å²) in [5.41, 5.74) is 3.39. The number of rotatable bonds is 4. The van der Waals surface area contributed by atoms with Gasteiger partial charge in [0.1, 0.15) is 0 Å². The van der Waals surface area contributed by atoms with Crippen molar-refractivity contribution in [3.63, 3.8) is 0 Å². The van der Waals surface area contributed by atoms with Crippen molar-refractivity contribution in [1.29, 1.82) is 0 Å². The van der Waals surface area contributed by atoms with E-state index in [1.807, 2.05) is 0 Å². The minimum atomic E-state index is -1.99. The molecule has 0 saturated carbocycles. The van der Waals surface area contributed by atoms with Crippen LogP contribution in [-0.4, -0.2) is 8.32 Å². The standard InChI is InChI=1S/C24H28OSi/c1-18(2)26(16-8-12-21-10-6-7-13-24(21)26)25-19(3)22-15-14-20-9-4-5-11-23(20)17-22/h4-7,9-11,13-15,17-19H,8,12,16H2,1-3H3/t19-,26-/m0/s1. The maximum Gasteiger partial charge on any atom is 0.227 e. The predicted octanol–water partition coefficient (Wildman–Crippen LogP) is 6.13. The lowest BCUT2D eigenvalue weighted by Crippen LogP contribution is -2.57. The van der Waals surface area contributed by atoms with Gasteiger partial charge in [-0.15, -0.1) is 0 Å². The molecule has 1 heterocycles. The molecule has 0 spiro atoms. The Morgan fingerprint density at radius 1 is 0.846 bits per heavy atom. The first-order chi connectivity index (χ1) is 12.6. The SMILES string of the molecule is CC(C)[Si@@]1(O[C@@H](C)c2ccc3ccccc3c2)CCCc2ccccc21. The molecular weight excluding hydrogens is 332 g/mol. The van der Waals surface area contributed by atoms with E-state index in [0.717, 1.165) is 0 Å². The molecule has 1 aliphatic rings. The van der Waals surface area contributed by atoms with Crippen LogP contribution in [0, 0.1) is 0 Å². The summed E-state index contributed by atoms with van der Waals surface area (Å²) in [6.45, 7) is 6.96. The molecule has 3 aromatic rings. The van der Waals surface area contributed by atoms with Crippen LogP contribution in [0.4, 0.5) is 0 Å². The number of hydrogen-bond acceptors (Lipinski definition) is 1. The lowest BCUT2D eigenvalue weighted by atomic mass is 10.0. The van der Waals surface area contributed by atoms with Crippen LogP contribution in [-0.2, 0) is 10.8 Å². The highest BCUT2D eigenvalue weighted by Crippen LogP contribution is 2.37. The molecular formula is C24H28OSi. The normalized spacial score (nSPS) is 20.9. The molecule has 1 nitrogen and oxygen atoms in total. The van der Waals surface area contributed by atoms with Gasteiger partial charge >= 0.3 is 0 Å². The quantitative estimate of drug-likeness (QED) is 0.509. The van der Waals surface area contributed by atoms with Gasteiger partial charge < -0.3 is 4.43 Å². The van der Waals surface area contributed by atoms with Crippen molar-refractivity contribution < 1.29 is 4.43 Å². The third-order valence-electron chi connectivity index (χ3n) is 6.03. The van der Waals surface area contributed by atoms with E-state index in [2.05, 4.69) is 87.5 Å². The fourth-order valence-corrected chi connectivity index (χ4v) is 9.11. The molecule has 1 aliphatic heterocycles. The zero-order valence-electron chi connectivity index (χ0n) is 16.0. The van der Waals surface area contributed by atoms with Gasteiger partial charge in [-0.2, -0.15) is 0 Å². The maximum absolute atomic E-state index is 7.04. The summed E-state index contributed by atoms with van der Waals surface area (Å²) in [5, 5.41) is 4.13. The molecule has 0 saturated heterocycles. The molecule has 0 amide bonds. The van der Waals surface area contributed by atoms with E-state index in [0.29, 0.717) is 5.54 Å². The van der Waals surface area contributed by atoms with E-state index in [-0.39, 0.29) is 6.10 Å². The first kappa shape index (κ1) is 17.5. The number of benzene rings is 3. The summed E-state index contributed by atoms with van der Waals surface area (Å²) in [4.78, 5) is 0. The van der Waals surface area contributed by atoms with Gasteiger partial charge in [0.05, 0.1) is 6.10 Å². The molecule has 0 radical (unpaired) electrons. The number of aryl methyl sites for hydroxylation is 1. The topological polar surface area (TPSA) is 9.23 Å². The van der Waals surface area contributed by atoms with Gasteiger partial charge in [0.25, 0.3) is 0 Å². The smallest absolute Gasteiger partial charge is 0.227 e. The van der Waals surface area contributed by atoms with Gasteiger partial charge in [-0.3, -0.25) is 0 Å². The van der Waals surface area contributed by atoms with Crippen molar-refractivity contribution in [1.82, 2.24) is 0 Å². The van der Waals surface area contributed by atoms with Gasteiger partial charge in [-0.05, 0) is 64.5 Å². The van der Waals surface area contributed by atoms with Gasteiger partial charge in [-0.25, -0.2) is 0 Å². The monoisotopic (exact) mass is 360 g/mol. The van der Waals surface area contributed by atoms with E-state index < -0.39 is 8.32 Å². The average molecular weight is 361 g/mol. The molecule has 2 heteroatoms. The van der Waals surface area contributed by atoms with Crippen molar-refractivity contribution >= 4 is 24.3 Å². The first-order valence-electron chi connectivity index (χ1n) is 9.85. The fourth-order valence-electron chi connectivity index (χ4n) is 4.53. The van der Waals surface area contributed by atoms with Crippen LogP contribution < -0.4 is 5.19 Å². The highest BCUT2D eigenvalue weighted by Gasteiger charge is 2.45. The Morgan fingerprint density at radius 2 is 1.58 bits per heavy atom. The molecule has 2 atom stereocenters. The zero-order chi connectivity index (χ0) is 18.1. The molecule has 0 fully saturated rings. The molecule has 26 heavy (non-hydrogen) atoms. The second kappa shape index (κ2) is 7.01. The Hall–Kier alpha value is -1.90. The van der Waals surface area contributed by atoms with Crippen LogP contribution in [0.15, 0.2) is 66.7 Å². The van der Waals surface area contributed by atoms with Crippen LogP contribution in [0.5, 0.6) is 0 Å². The van der Waals surface area contributed by atoms with E-state index in [4.69, 9.17) is 4.43 Å². The third-order valence-corrected chi connectivity index (χ3v) is 11.2.